The molecule has 4 nitrogen and oxygen atoms in total. The largest absolute Gasteiger partial charge is 0.461 e. The van der Waals surface area contributed by atoms with Gasteiger partial charge in [-0.3, -0.25) is 4.79 Å². The number of hydrogen-bond donors (Lipinski definition) is 0. The third-order valence-electron chi connectivity index (χ3n) is 6.59. The van der Waals surface area contributed by atoms with Gasteiger partial charge in [-0.1, -0.05) is 34.6 Å². The first-order chi connectivity index (χ1) is 11.0. The fourth-order valence-electron chi connectivity index (χ4n) is 3.93. The minimum atomic E-state index is -0.516. The van der Waals surface area contributed by atoms with Crippen molar-refractivity contribution in [1.29, 1.82) is 0 Å². The summed E-state index contributed by atoms with van der Waals surface area (Å²) in [6, 6.07) is -0.516. The van der Waals surface area contributed by atoms with Gasteiger partial charge in [0.15, 0.2) is 0 Å². The van der Waals surface area contributed by atoms with Crippen molar-refractivity contribution in [3.63, 3.8) is 0 Å². The number of esters is 1. The van der Waals surface area contributed by atoms with Crippen molar-refractivity contribution in [1.82, 2.24) is 4.90 Å². The van der Waals surface area contributed by atoms with E-state index in [2.05, 4.69) is 27.7 Å². The van der Waals surface area contributed by atoms with E-state index < -0.39 is 6.04 Å². The second-order valence-corrected chi connectivity index (χ2v) is 8.53. The third-order valence-corrected chi connectivity index (χ3v) is 6.59. The molecule has 0 bridgehead atoms. The van der Waals surface area contributed by atoms with Crippen LogP contribution in [0.25, 0.3) is 0 Å². The number of likely N-dealkylation sites (N-methyl/N-ethyl adjacent to an activating group) is 1. The van der Waals surface area contributed by atoms with E-state index in [0.717, 1.165) is 6.42 Å². The molecule has 24 heavy (non-hydrogen) atoms. The van der Waals surface area contributed by atoms with Gasteiger partial charge in [0.1, 0.15) is 6.04 Å². The number of hydrogen-bond acceptors (Lipinski definition) is 3. The first kappa shape index (κ1) is 21.0. The topological polar surface area (TPSA) is 46.6 Å². The molecule has 140 valence electrons. The van der Waals surface area contributed by atoms with Crippen molar-refractivity contribution < 1.29 is 14.3 Å². The molecule has 0 heterocycles. The number of carbonyl (C=O) groups is 2. The number of nitrogens with zero attached hydrogens (tertiary/aromatic N) is 1. The van der Waals surface area contributed by atoms with Crippen LogP contribution in [0.1, 0.15) is 81.1 Å². The number of amides is 1. The van der Waals surface area contributed by atoms with Crippen molar-refractivity contribution in [2.75, 3.05) is 6.54 Å². The Balaban J connectivity index is 2.63. The van der Waals surface area contributed by atoms with Crippen molar-refractivity contribution in [3.05, 3.63) is 0 Å². The molecule has 0 spiro atoms. The second-order valence-electron chi connectivity index (χ2n) is 8.53. The van der Waals surface area contributed by atoms with E-state index >= 15 is 0 Å². The molecule has 0 radical (unpaired) electrons. The maximum absolute atomic E-state index is 12.4. The minimum Gasteiger partial charge on any atom is -0.461 e. The van der Waals surface area contributed by atoms with Crippen molar-refractivity contribution >= 4 is 11.9 Å². The Morgan fingerprint density at radius 1 is 1.17 bits per heavy atom. The Hall–Kier alpha value is -1.06. The van der Waals surface area contributed by atoms with Crippen LogP contribution < -0.4 is 0 Å². The first-order valence-electron chi connectivity index (χ1n) is 9.47. The number of ether oxygens (including phenoxy) is 1. The molecular weight excluding hydrogens is 302 g/mol. The summed E-state index contributed by atoms with van der Waals surface area (Å²) in [7, 11) is 0. The fraction of sp³-hybridized carbons (Fsp3) is 0.900. The SMILES string of the molecule is CCC(=O)N(CC)C(C)C(=O)OC(C)CC1CCC(C)(C)C1(C)C. The van der Waals surface area contributed by atoms with Crippen LogP contribution in [-0.2, 0) is 14.3 Å². The van der Waals surface area contributed by atoms with Gasteiger partial charge < -0.3 is 9.64 Å². The summed E-state index contributed by atoms with van der Waals surface area (Å²) in [5.41, 5.74) is 0.564. The van der Waals surface area contributed by atoms with Crippen LogP contribution in [-0.4, -0.2) is 35.5 Å². The van der Waals surface area contributed by atoms with Gasteiger partial charge in [-0.25, -0.2) is 4.79 Å². The predicted molar refractivity (Wildman–Crippen MR) is 97.6 cm³/mol. The van der Waals surface area contributed by atoms with Crippen LogP contribution in [0, 0.1) is 16.7 Å². The molecular formula is C20H37NO3. The lowest BCUT2D eigenvalue weighted by molar-refractivity contribution is -0.159. The Morgan fingerprint density at radius 2 is 1.75 bits per heavy atom. The Labute approximate surface area is 148 Å². The molecule has 0 aliphatic heterocycles. The molecule has 1 fully saturated rings. The molecule has 1 amide bonds. The van der Waals surface area contributed by atoms with E-state index in [0.29, 0.717) is 24.3 Å². The normalized spacial score (nSPS) is 24.2. The molecule has 4 heteroatoms. The summed E-state index contributed by atoms with van der Waals surface area (Å²) in [5.74, 6) is 0.264. The standard InChI is InChI=1S/C20H37NO3/c1-9-17(22)21(10-2)15(4)18(23)24-14(3)13-16-11-12-19(5,6)20(16,7)8/h14-16H,9-13H2,1-8H3. The molecule has 0 aromatic heterocycles. The van der Waals surface area contributed by atoms with Crippen LogP contribution >= 0.6 is 0 Å². The summed E-state index contributed by atoms with van der Waals surface area (Å²) in [5, 5.41) is 0. The highest BCUT2D eigenvalue weighted by atomic mass is 16.5. The molecule has 0 aromatic carbocycles. The fourth-order valence-corrected chi connectivity index (χ4v) is 3.93. The molecule has 0 N–H and O–H groups in total. The van der Waals surface area contributed by atoms with Crippen LogP contribution in [0.5, 0.6) is 0 Å². The van der Waals surface area contributed by atoms with Gasteiger partial charge in [-0.15, -0.1) is 0 Å². The van der Waals surface area contributed by atoms with Crippen LogP contribution in [0.2, 0.25) is 0 Å². The molecule has 1 rings (SSSR count). The van der Waals surface area contributed by atoms with Gasteiger partial charge in [-0.05, 0) is 56.8 Å². The highest BCUT2D eigenvalue weighted by Crippen LogP contribution is 2.56. The quantitative estimate of drug-likeness (QED) is 0.645. The predicted octanol–water partition coefficient (Wildman–Crippen LogP) is 4.42. The number of carbonyl (C=O) groups excluding carboxylic acids is 2. The smallest absolute Gasteiger partial charge is 0.328 e. The summed E-state index contributed by atoms with van der Waals surface area (Å²) in [4.78, 5) is 25.9. The van der Waals surface area contributed by atoms with E-state index in [-0.39, 0.29) is 23.4 Å². The molecule has 1 aliphatic rings. The maximum atomic E-state index is 12.4. The third kappa shape index (κ3) is 4.31. The summed E-state index contributed by atoms with van der Waals surface area (Å²) >= 11 is 0. The Morgan fingerprint density at radius 3 is 2.17 bits per heavy atom. The lowest BCUT2D eigenvalue weighted by Crippen LogP contribution is -2.44. The Bertz CT molecular complexity index is 456. The Kier molecular flexibility index (Phi) is 6.89. The maximum Gasteiger partial charge on any atom is 0.328 e. The zero-order chi connectivity index (χ0) is 18.7. The lowest BCUT2D eigenvalue weighted by atomic mass is 9.66. The molecule has 0 saturated heterocycles. The lowest BCUT2D eigenvalue weighted by Gasteiger charge is -2.40. The van der Waals surface area contributed by atoms with Crippen molar-refractivity contribution in [2.24, 2.45) is 16.7 Å². The van der Waals surface area contributed by atoms with Gasteiger partial charge in [0.05, 0.1) is 6.10 Å². The average Bonchev–Trinajstić information content (AvgIpc) is 2.69. The van der Waals surface area contributed by atoms with Gasteiger partial charge in [0.2, 0.25) is 5.91 Å². The summed E-state index contributed by atoms with van der Waals surface area (Å²) < 4.78 is 5.68. The highest BCUT2D eigenvalue weighted by molar-refractivity contribution is 5.84. The zero-order valence-corrected chi connectivity index (χ0v) is 16.9. The van der Waals surface area contributed by atoms with Crippen LogP contribution in [0.15, 0.2) is 0 Å². The van der Waals surface area contributed by atoms with E-state index in [9.17, 15) is 9.59 Å². The van der Waals surface area contributed by atoms with E-state index in [4.69, 9.17) is 4.74 Å². The van der Waals surface area contributed by atoms with Crippen molar-refractivity contribution in [3.8, 4) is 0 Å². The molecule has 1 aliphatic carbocycles. The molecule has 1 saturated carbocycles. The minimum absolute atomic E-state index is 0.00622. The van der Waals surface area contributed by atoms with Crippen LogP contribution in [0.4, 0.5) is 0 Å². The summed E-state index contributed by atoms with van der Waals surface area (Å²) in [6.07, 6.45) is 3.59. The van der Waals surface area contributed by atoms with Gasteiger partial charge in [0, 0.05) is 13.0 Å². The van der Waals surface area contributed by atoms with E-state index in [1.165, 1.54) is 12.8 Å². The van der Waals surface area contributed by atoms with Crippen LogP contribution in [0.3, 0.4) is 0 Å². The summed E-state index contributed by atoms with van der Waals surface area (Å²) in [6.45, 7) is 17.3. The highest BCUT2D eigenvalue weighted by Gasteiger charge is 2.48. The van der Waals surface area contributed by atoms with Gasteiger partial charge >= 0.3 is 5.97 Å². The molecule has 3 unspecified atom stereocenters. The first-order valence-corrected chi connectivity index (χ1v) is 9.47. The van der Waals surface area contributed by atoms with Gasteiger partial charge in [-0.2, -0.15) is 0 Å². The van der Waals surface area contributed by atoms with E-state index in [1.807, 2.05) is 20.8 Å². The molecule has 3 atom stereocenters. The molecule has 0 aromatic rings. The second kappa shape index (κ2) is 7.88. The van der Waals surface area contributed by atoms with Gasteiger partial charge in [0.25, 0.3) is 0 Å². The average molecular weight is 340 g/mol. The number of rotatable bonds is 7. The van der Waals surface area contributed by atoms with E-state index in [1.54, 1.807) is 11.8 Å². The monoisotopic (exact) mass is 339 g/mol. The zero-order valence-electron chi connectivity index (χ0n) is 16.9. The van der Waals surface area contributed by atoms with Crippen molar-refractivity contribution in [2.45, 2.75) is 93.2 Å².